The van der Waals surface area contributed by atoms with E-state index in [2.05, 4.69) is 89.3 Å². The minimum atomic E-state index is -0.0162. The Balaban J connectivity index is 1.49. The normalized spacial score (nSPS) is 21.7. The zero-order valence-corrected chi connectivity index (χ0v) is 20.1. The Morgan fingerprint density at radius 3 is 2.59 bits per heavy atom. The van der Waals surface area contributed by atoms with E-state index >= 15 is 0 Å². The van der Waals surface area contributed by atoms with Gasteiger partial charge < -0.3 is 19.5 Å². The molecule has 0 saturated carbocycles. The number of morpholine rings is 1. The first-order valence-electron chi connectivity index (χ1n) is 10.9. The summed E-state index contributed by atoms with van der Waals surface area (Å²) < 4.78 is 8.83. The highest BCUT2D eigenvalue weighted by Gasteiger charge is 2.41. The summed E-state index contributed by atoms with van der Waals surface area (Å²) in [5.41, 5.74) is 3.31. The van der Waals surface area contributed by atoms with E-state index in [0.29, 0.717) is 0 Å². The highest BCUT2D eigenvalue weighted by Crippen LogP contribution is 2.39. The molecule has 2 saturated heterocycles. The first-order chi connectivity index (χ1) is 15.7. The van der Waals surface area contributed by atoms with Gasteiger partial charge in [0.2, 0.25) is 0 Å². The summed E-state index contributed by atoms with van der Waals surface area (Å²) in [6, 6.07) is 18.8. The van der Waals surface area contributed by atoms with Crippen molar-refractivity contribution in [1.29, 1.82) is 0 Å². The van der Waals surface area contributed by atoms with Crippen LogP contribution in [-0.2, 0) is 4.74 Å². The molecule has 0 aliphatic carbocycles. The van der Waals surface area contributed by atoms with Crippen molar-refractivity contribution in [3.63, 3.8) is 0 Å². The summed E-state index contributed by atoms with van der Waals surface area (Å²) in [7, 11) is 0. The number of hydrogen-bond acceptors (Lipinski definition) is 4. The molecule has 3 aromatic rings. The summed E-state index contributed by atoms with van der Waals surface area (Å²) in [4.78, 5) is 9.44. The molecule has 1 aromatic carbocycles. The molecule has 0 amide bonds. The fourth-order valence-electron chi connectivity index (χ4n) is 4.51. The lowest BCUT2D eigenvalue weighted by atomic mass is 10.0. The minimum Gasteiger partial charge on any atom is -0.379 e. The molecule has 2 fully saturated rings. The summed E-state index contributed by atoms with van der Waals surface area (Å²) >= 11 is 9.38. The van der Waals surface area contributed by atoms with Crippen LogP contribution in [0.2, 0.25) is 0 Å². The van der Waals surface area contributed by atoms with E-state index in [1.54, 1.807) is 0 Å². The number of rotatable bonds is 6. The number of pyridine rings is 1. The lowest BCUT2D eigenvalue weighted by Crippen LogP contribution is -2.42. The molecule has 1 N–H and O–H groups in total. The van der Waals surface area contributed by atoms with Crippen LogP contribution < -0.4 is 5.32 Å². The van der Waals surface area contributed by atoms with Crippen molar-refractivity contribution in [2.75, 3.05) is 39.4 Å². The van der Waals surface area contributed by atoms with Gasteiger partial charge in [0, 0.05) is 54.4 Å². The van der Waals surface area contributed by atoms with E-state index in [4.69, 9.17) is 17.0 Å². The van der Waals surface area contributed by atoms with Gasteiger partial charge in [-0.15, -0.1) is 0 Å². The topological polar surface area (TPSA) is 45.6 Å². The molecule has 2 aliphatic heterocycles. The number of halogens is 1. The molecule has 5 rings (SSSR count). The number of thiocarbonyl (C=S) groups is 1. The fraction of sp³-hybridized carbons (Fsp3) is 0.333. The number of nitrogens with one attached hydrogen (secondary N) is 1. The van der Waals surface area contributed by atoms with E-state index in [1.165, 1.54) is 5.69 Å². The van der Waals surface area contributed by atoms with Gasteiger partial charge in [-0.25, -0.2) is 0 Å². The van der Waals surface area contributed by atoms with Crippen LogP contribution in [0.1, 0.15) is 23.5 Å². The van der Waals surface area contributed by atoms with Crippen LogP contribution in [0.25, 0.3) is 5.69 Å². The zero-order chi connectivity index (χ0) is 21.9. The van der Waals surface area contributed by atoms with Gasteiger partial charge in [0.15, 0.2) is 5.11 Å². The molecule has 2 aromatic heterocycles. The molecular weight excluding hydrogens is 486 g/mol. The Morgan fingerprint density at radius 2 is 1.84 bits per heavy atom. The van der Waals surface area contributed by atoms with Crippen molar-refractivity contribution in [2.24, 2.45) is 0 Å². The molecule has 32 heavy (non-hydrogen) atoms. The lowest BCUT2D eigenvalue weighted by Gasteiger charge is -2.32. The molecule has 2 aliphatic rings. The van der Waals surface area contributed by atoms with Crippen molar-refractivity contribution in [3.05, 3.63) is 82.9 Å². The third-order valence-corrected chi connectivity index (χ3v) is 7.03. The largest absolute Gasteiger partial charge is 0.379 e. The van der Waals surface area contributed by atoms with Crippen molar-refractivity contribution in [1.82, 2.24) is 24.7 Å². The SMILES string of the molecule is S=C1N[C@@H](c2ccccn2)[C@H](c2cccn2-c2ccc(Br)cc2)N1CCN1CCOCC1. The Labute approximate surface area is 202 Å². The van der Waals surface area contributed by atoms with Gasteiger partial charge in [0.25, 0.3) is 0 Å². The Kier molecular flexibility index (Phi) is 6.54. The van der Waals surface area contributed by atoms with E-state index in [-0.39, 0.29) is 12.1 Å². The second-order valence-corrected chi connectivity index (χ2v) is 9.36. The van der Waals surface area contributed by atoms with E-state index in [9.17, 15) is 0 Å². The second kappa shape index (κ2) is 9.70. The standard InChI is InChI=1S/C24H26BrN5OS/c25-18-6-8-19(9-7-18)29-11-3-5-21(29)23-22(20-4-1-2-10-26-20)27-24(32)30(23)13-12-28-14-16-31-17-15-28/h1-11,22-23H,12-17H2,(H,27,32)/t22-,23-/m0/s1. The van der Waals surface area contributed by atoms with Crippen LogP contribution in [-0.4, -0.2) is 63.9 Å². The number of aromatic nitrogens is 2. The first-order valence-corrected chi connectivity index (χ1v) is 12.1. The number of hydrogen-bond donors (Lipinski definition) is 1. The van der Waals surface area contributed by atoms with Gasteiger partial charge in [0.05, 0.1) is 31.0 Å². The highest BCUT2D eigenvalue weighted by atomic mass is 79.9. The van der Waals surface area contributed by atoms with Gasteiger partial charge >= 0.3 is 0 Å². The van der Waals surface area contributed by atoms with Gasteiger partial charge in [0.1, 0.15) is 0 Å². The van der Waals surface area contributed by atoms with Crippen molar-refractivity contribution in [2.45, 2.75) is 12.1 Å². The third-order valence-electron chi connectivity index (χ3n) is 6.15. The van der Waals surface area contributed by atoms with Crippen molar-refractivity contribution >= 4 is 33.3 Å². The van der Waals surface area contributed by atoms with Crippen LogP contribution in [0.3, 0.4) is 0 Å². The van der Waals surface area contributed by atoms with Crippen LogP contribution in [0.4, 0.5) is 0 Å². The maximum atomic E-state index is 5.84. The molecule has 0 radical (unpaired) electrons. The molecular formula is C24H26BrN5OS. The second-order valence-electron chi connectivity index (χ2n) is 8.05. The maximum Gasteiger partial charge on any atom is 0.170 e. The lowest BCUT2D eigenvalue weighted by molar-refractivity contribution is 0.0349. The molecule has 0 unspecified atom stereocenters. The molecule has 6 nitrogen and oxygen atoms in total. The number of nitrogens with zero attached hydrogens (tertiary/aromatic N) is 4. The van der Waals surface area contributed by atoms with Crippen LogP contribution in [0.5, 0.6) is 0 Å². The van der Waals surface area contributed by atoms with Crippen molar-refractivity contribution in [3.8, 4) is 5.69 Å². The predicted molar refractivity (Wildman–Crippen MR) is 133 cm³/mol. The number of benzene rings is 1. The van der Waals surface area contributed by atoms with E-state index in [0.717, 1.165) is 60.4 Å². The average Bonchev–Trinajstić information content (AvgIpc) is 3.43. The summed E-state index contributed by atoms with van der Waals surface area (Å²) in [6.07, 6.45) is 3.97. The Hall–Kier alpha value is -2.26. The monoisotopic (exact) mass is 511 g/mol. The third kappa shape index (κ3) is 4.45. The zero-order valence-electron chi connectivity index (χ0n) is 17.7. The Morgan fingerprint density at radius 1 is 1.03 bits per heavy atom. The van der Waals surface area contributed by atoms with Gasteiger partial charge in [-0.3, -0.25) is 9.88 Å². The van der Waals surface area contributed by atoms with Crippen molar-refractivity contribution < 1.29 is 4.74 Å². The quantitative estimate of drug-likeness (QED) is 0.505. The minimum absolute atomic E-state index is 0.0162. The summed E-state index contributed by atoms with van der Waals surface area (Å²) in [6.45, 7) is 5.35. The van der Waals surface area contributed by atoms with Crippen LogP contribution in [0.15, 0.2) is 71.5 Å². The fourth-order valence-corrected chi connectivity index (χ4v) is 5.11. The molecule has 4 heterocycles. The Bertz CT molecular complexity index is 1050. The maximum absolute atomic E-state index is 5.84. The molecule has 166 valence electrons. The van der Waals surface area contributed by atoms with E-state index < -0.39 is 0 Å². The van der Waals surface area contributed by atoms with Gasteiger partial charge in [-0.05, 0) is 60.7 Å². The van der Waals surface area contributed by atoms with Gasteiger partial charge in [-0.1, -0.05) is 22.0 Å². The molecule has 0 spiro atoms. The smallest absolute Gasteiger partial charge is 0.170 e. The van der Waals surface area contributed by atoms with E-state index in [1.807, 2.05) is 18.3 Å². The first kappa shape index (κ1) is 21.6. The highest BCUT2D eigenvalue weighted by molar-refractivity contribution is 9.10. The van der Waals surface area contributed by atoms with Gasteiger partial charge in [-0.2, -0.15) is 0 Å². The van der Waals surface area contributed by atoms with Crippen LogP contribution >= 0.6 is 28.1 Å². The molecule has 0 bridgehead atoms. The summed E-state index contributed by atoms with van der Waals surface area (Å²) in [5, 5.41) is 4.35. The molecule has 2 atom stereocenters. The average molecular weight is 512 g/mol. The predicted octanol–water partition coefficient (Wildman–Crippen LogP) is 3.94. The molecule has 8 heteroatoms. The van der Waals surface area contributed by atoms with Crippen LogP contribution in [0, 0.1) is 0 Å². The number of ether oxygens (including phenoxy) is 1. The summed E-state index contributed by atoms with van der Waals surface area (Å²) in [5.74, 6) is 0.